The van der Waals surface area contributed by atoms with Crippen LogP contribution in [0.3, 0.4) is 0 Å². The van der Waals surface area contributed by atoms with E-state index in [1.54, 1.807) is 20.8 Å². The van der Waals surface area contributed by atoms with Crippen molar-refractivity contribution in [1.29, 1.82) is 5.53 Å². The van der Waals surface area contributed by atoms with Gasteiger partial charge in [-0.1, -0.05) is 36.8 Å². The lowest BCUT2D eigenvalue weighted by Gasteiger charge is -2.55. The average molecular weight is 551 g/mol. The van der Waals surface area contributed by atoms with Gasteiger partial charge in [0.05, 0.1) is 41.0 Å². The molecule has 0 fully saturated rings. The standard InChI is InChI=1S/C31H47N7O2/c1-7-21-13-14-27-23(15-19-35-38(27)29(2,3)31(6,40)30(4,5)39)26(37-32)20-33-18-16-24(21)36-25-12-8-10-22-11-9-17-34-28(22)25/h8-13,17,19,23-24,26-27,32-33,36,39-40H,7,14-16,18,20H2,1-6H3/p+1. The van der Waals surface area contributed by atoms with Gasteiger partial charge in [0.25, 0.3) is 0 Å². The zero-order valence-corrected chi connectivity index (χ0v) is 24.9. The fourth-order valence-corrected chi connectivity index (χ4v) is 6.36. The summed E-state index contributed by atoms with van der Waals surface area (Å²) in [6.07, 6.45) is 9.32. The van der Waals surface area contributed by atoms with E-state index >= 15 is 0 Å². The number of pyridine rings is 1. The highest BCUT2D eigenvalue weighted by molar-refractivity contribution is 5.90. The van der Waals surface area contributed by atoms with Crippen molar-refractivity contribution in [3.8, 4) is 0 Å². The van der Waals surface area contributed by atoms with Gasteiger partial charge >= 0.3 is 0 Å². The van der Waals surface area contributed by atoms with E-state index in [1.807, 2.05) is 37.3 Å². The Kier molecular flexibility index (Phi) is 8.97. The molecule has 0 saturated carbocycles. The van der Waals surface area contributed by atoms with Crippen molar-refractivity contribution in [3.63, 3.8) is 0 Å². The van der Waals surface area contributed by atoms with Gasteiger partial charge in [-0.3, -0.25) is 9.99 Å². The lowest BCUT2D eigenvalue weighted by molar-refractivity contribution is -0.657. The van der Waals surface area contributed by atoms with E-state index in [0.29, 0.717) is 6.42 Å². The van der Waals surface area contributed by atoms with Gasteiger partial charge in [-0.25, -0.2) is 5.53 Å². The molecule has 218 valence electrons. The minimum Gasteiger partial charge on any atom is -0.387 e. The molecule has 0 spiro atoms. The van der Waals surface area contributed by atoms with Crippen LogP contribution in [0.4, 0.5) is 5.69 Å². The van der Waals surface area contributed by atoms with Gasteiger partial charge in [0.15, 0.2) is 0 Å². The number of aromatic nitrogens is 1. The third kappa shape index (κ3) is 5.78. The van der Waals surface area contributed by atoms with Gasteiger partial charge < -0.3 is 20.8 Å². The molecule has 1 aromatic heterocycles. The minimum absolute atomic E-state index is 0.0595. The largest absolute Gasteiger partial charge is 0.387 e. The highest BCUT2D eigenvalue weighted by Crippen LogP contribution is 2.42. The number of para-hydroxylation sites is 1. The van der Waals surface area contributed by atoms with Crippen molar-refractivity contribution in [1.82, 2.24) is 9.99 Å². The van der Waals surface area contributed by atoms with E-state index in [1.165, 1.54) is 5.57 Å². The van der Waals surface area contributed by atoms with Crippen LogP contribution >= 0.6 is 0 Å². The lowest BCUT2D eigenvalue weighted by atomic mass is 9.71. The Balaban J connectivity index is 1.72. The van der Waals surface area contributed by atoms with Gasteiger partial charge in [0.1, 0.15) is 18.2 Å². The Bertz CT molecular complexity index is 1230. The van der Waals surface area contributed by atoms with Gasteiger partial charge in [0, 0.05) is 30.1 Å². The minimum atomic E-state index is -1.46. The predicted molar refractivity (Wildman–Crippen MR) is 161 cm³/mol. The quantitative estimate of drug-likeness (QED) is 0.262. The van der Waals surface area contributed by atoms with Gasteiger partial charge in [-0.2, -0.15) is 10.2 Å². The number of aliphatic hydroxyl groups is 2. The van der Waals surface area contributed by atoms with Crippen LogP contribution in [0, 0.1) is 11.4 Å². The summed E-state index contributed by atoms with van der Waals surface area (Å²) < 4.78 is 0. The van der Waals surface area contributed by atoms with E-state index in [0.717, 1.165) is 48.9 Å². The molecule has 0 amide bonds. The molecular formula is C31H48N7O2+. The van der Waals surface area contributed by atoms with Crippen molar-refractivity contribution >= 4 is 22.8 Å². The van der Waals surface area contributed by atoms with Crippen LogP contribution in [-0.4, -0.2) is 74.4 Å². The first-order valence-corrected chi connectivity index (χ1v) is 14.7. The van der Waals surface area contributed by atoms with Crippen LogP contribution in [0.15, 0.2) is 58.4 Å². The van der Waals surface area contributed by atoms with E-state index in [9.17, 15) is 10.2 Å². The van der Waals surface area contributed by atoms with E-state index < -0.39 is 16.7 Å². The first-order chi connectivity index (χ1) is 18.9. The van der Waals surface area contributed by atoms with E-state index in [-0.39, 0.29) is 24.0 Å². The zero-order valence-electron chi connectivity index (χ0n) is 24.9. The highest BCUT2D eigenvalue weighted by atomic mass is 16.4. The van der Waals surface area contributed by atoms with Gasteiger partial charge in [-0.05, 0) is 66.0 Å². The van der Waals surface area contributed by atoms with E-state index in [2.05, 4.69) is 58.0 Å². The molecule has 2 aromatic rings. The number of fused-ring (bicyclic) bond motifs is 2. The number of nitrogens with two attached hydrogens (primary N) is 1. The number of benzene rings is 1. The molecule has 0 saturated heterocycles. The fraction of sp³-hybridized carbons (Fsp3) is 0.613. The molecule has 2 aliphatic rings. The van der Waals surface area contributed by atoms with Crippen LogP contribution in [0.2, 0.25) is 0 Å². The maximum atomic E-state index is 11.6. The van der Waals surface area contributed by atoms with Gasteiger partial charge in [-0.15, -0.1) is 0 Å². The van der Waals surface area contributed by atoms with Crippen molar-refractivity contribution in [2.45, 2.75) is 102 Å². The number of anilines is 1. The molecule has 1 aromatic carbocycles. The third-order valence-electron chi connectivity index (χ3n) is 9.51. The smallest absolute Gasteiger partial charge is 0.124 e. The van der Waals surface area contributed by atoms with Crippen LogP contribution in [0.25, 0.3) is 10.9 Å². The summed E-state index contributed by atoms with van der Waals surface area (Å²) >= 11 is 0. The maximum Gasteiger partial charge on any atom is 0.124 e. The molecular weight excluding hydrogens is 502 g/mol. The second-order valence-corrected chi connectivity index (χ2v) is 12.5. The second-order valence-electron chi connectivity index (χ2n) is 12.5. The lowest BCUT2D eigenvalue weighted by Crippen LogP contribution is -2.87. The summed E-state index contributed by atoms with van der Waals surface area (Å²) in [4.78, 5) is 4.65. The number of nitrogens with one attached hydrogen (secondary N) is 2. The van der Waals surface area contributed by atoms with Crippen LogP contribution in [0.5, 0.6) is 0 Å². The molecule has 0 bridgehead atoms. The Labute approximate surface area is 238 Å². The first kappa shape index (κ1) is 30.1. The maximum absolute atomic E-state index is 11.6. The van der Waals surface area contributed by atoms with Crippen LogP contribution < -0.4 is 10.6 Å². The average Bonchev–Trinajstić information content (AvgIpc) is 2.95. The van der Waals surface area contributed by atoms with Crippen molar-refractivity contribution in [2.24, 2.45) is 16.1 Å². The van der Waals surface area contributed by atoms with Crippen LogP contribution in [-0.2, 0) is 0 Å². The van der Waals surface area contributed by atoms with E-state index in [4.69, 9.17) is 10.6 Å². The molecule has 9 nitrogen and oxygen atoms in total. The third-order valence-corrected chi connectivity index (χ3v) is 9.51. The second kappa shape index (κ2) is 11.9. The topological polar surface area (TPSA) is 134 Å². The SMILES string of the molecule is CCC1=CCC2C(CC=NN2C(C)(C)C(C)(O)C(C)(C)O)C(N=N)C[NH2+]CCC1Nc1cccc2cccnc12. The molecule has 5 atom stereocenters. The van der Waals surface area contributed by atoms with Crippen LogP contribution in [0.1, 0.15) is 67.2 Å². The summed E-state index contributed by atoms with van der Waals surface area (Å²) in [5.41, 5.74) is 7.68. The number of hydrazone groups is 1. The molecule has 40 heavy (non-hydrogen) atoms. The summed E-state index contributed by atoms with van der Waals surface area (Å²) in [7, 11) is 0. The van der Waals surface area contributed by atoms with Gasteiger partial charge in [0.2, 0.25) is 0 Å². The Morgan fingerprint density at radius 1 is 1.12 bits per heavy atom. The molecule has 3 heterocycles. The van der Waals surface area contributed by atoms with Crippen molar-refractivity contribution in [3.05, 3.63) is 48.2 Å². The Hall–Kier alpha value is -2.88. The number of hydrogen-bond donors (Lipinski definition) is 5. The summed E-state index contributed by atoms with van der Waals surface area (Å²) in [5.74, 6) is 0.0595. The first-order valence-electron chi connectivity index (χ1n) is 14.7. The monoisotopic (exact) mass is 550 g/mol. The number of rotatable bonds is 7. The Morgan fingerprint density at radius 2 is 1.88 bits per heavy atom. The molecule has 4 rings (SSSR count). The zero-order chi connectivity index (χ0) is 29.1. The summed E-state index contributed by atoms with van der Waals surface area (Å²) in [6.45, 7) is 12.7. The molecule has 0 aliphatic carbocycles. The molecule has 2 aliphatic heterocycles. The molecule has 9 heteroatoms. The summed E-state index contributed by atoms with van der Waals surface area (Å²) in [6, 6.07) is 10.2. The van der Waals surface area contributed by atoms with Crippen molar-refractivity contribution < 1.29 is 15.5 Å². The van der Waals surface area contributed by atoms with Crippen molar-refractivity contribution in [2.75, 3.05) is 18.4 Å². The molecule has 6 N–H and O–H groups in total. The highest BCUT2D eigenvalue weighted by Gasteiger charge is 2.55. The summed E-state index contributed by atoms with van der Waals surface area (Å²) in [5, 5.41) is 40.7. The Morgan fingerprint density at radius 3 is 2.58 bits per heavy atom. The number of quaternary nitrogens is 1. The number of hydrogen-bond acceptors (Lipinski definition) is 8. The normalized spacial score (nSPS) is 26.3. The number of nitrogens with zero attached hydrogens (tertiary/aromatic N) is 4. The predicted octanol–water partition coefficient (Wildman–Crippen LogP) is 4.09. The molecule has 0 radical (unpaired) electrons. The molecule has 5 unspecified atom stereocenters. The fourth-order valence-electron chi connectivity index (χ4n) is 6.36.